The number of nitrogens with zero attached hydrogens (tertiary/aromatic N) is 2. The zero-order valence-corrected chi connectivity index (χ0v) is 12.4. The summed E-state index contributed by atoms with van der Waals surface area (Å²) in [7, 11) is 0. The number of carbonyl (C=O) groups excluding carboxylic acids is 1. The minimum absolute atomic E-state index is 0.0989. The van der Waals surface area contributed by atoms with Crippen LogP contribution < -0.4 is 5.32 Å². The Hall–Kier alpha value is -2.48. The van der Waals surface area contributed by atoms with Crippen molar-refractivity contribution < 1.29 is 14.8 Å². The quantitative estimate of drug-likeness (QED) is 0.553. The molecule has 8 nitrogen and oxygen atoms in total. The summed E-state index contributed by atoms with van der Waals surface area (Å²) in [6, 6.07) is 4.18. The summed E-state index contributed by atoms with van der Waals surface area (Å²) < 4.78 is 0. The van der Waals surface area contributed by atoms with Crippen LogP contribution in [0.15, 0.2) is 18.2 Å². The van der Waals surface area contributed by atoms with Crippen molar-refractivity contribution in [1.82, 2.24) is 15.5 Å². The monoisotopic (exact) mass is 306 g/mol. The number of amides is 1. The molecule has 1 aromatic heterocycles. The summed E-state index contributed by atoms with van der Waals surface area (Å²) in [6.45, 7) is 4.10. The highest BCUT2D eigenvalue weighted by Crippen LogP contribution is 2.22. The molecular weight excluding hydrogens is 288 g/mol. The first-order chi connectivity index (χ1) is 10.4. The normalized spacial score (nSPS) is 12.5. The highest BCUT2D eigenvalue weighted by molar-refractivity contribution is 6.05. The third kappa shape index (κ3) is 3.40. The zero-order valence-electron chi connectivity index (χ0n) is 12.4. The lowest BCUT2D eigenvalue weighted by Gasteiger charge is -2.14. The van der Waals surface area contributed by atoms with E-state index in [4.69, 9.17) is 0 Å². The Labute approximate surface area is 126 Å². The fraction of sp³-hybridized carbons (Fsp3) is 0.429. The van der Waals surface area contributed by atoms with Gasteiger partial charge in [-0.15, -0.1) is 0 Å². The van der Waals surface area contributed by atoms with Crippen LogP contribution in [0.1, 0.15) is 30.8 Å². The average molecular weight is 306 g/mol. The molecule has 8 heteroatoms. The number of hydrogen-bond donors (Lipinski definition) is 3. The van der Waals surface area contributed by atoms with Gasteiger partial charge in [0.25, 0.3) is 11.6 Å². The number of aliphatic hydroxyl groups excluding tert-OH is 1. The summed E-state index contributed by atoms with van der Waals surface area (Å²) in [5.41, 5.74) is 0.564. The molecule has 1 amide bonds. The first-order valence-corrected chi connectivity index (χ1v) is 6.99. The van der Waals surface area contributed by atoms with Crippen LogP contribution >= 0.6 is 0 Å². The largest absolute Gasteiger partial charge is 0.393 e. The predicted octanol–water partition coefficient (Wildman–Crippen LogP) is 1.61. The van der Waals surface area contributed by atoms with Gasteiger partial charge < -0.3 is 10.4 Å². The van der Waals surface area contributed by atoms with Gasteiger partial charge in [0.2, 0.25) is 0 Å². The second kappa shape index (κ2) is 6.52. The lowest BCUT2D eigenvalue weighted by molar-refractivity contribution is -0.384. The maximum atomic E-state index is 12.1. The average Bonchev–Trinajstić information content (AvgIpc) is 2.89. The van der Waals surface area contributed by atoms with Crippen LogP contribution in [0.25, 0.3) is 10.9 Å². The summed E-state index contributed by atoms with van der Waals surface area (Å²) in [4.78, 5) is 22.4. The maximum absolute atomic E-state index is 12.1. The molecule has 1 heterocycles. The van der Waals surface area contributed by atoms with Crippen LogP contribution in [-0.4, -0.2) is 38.8 Å². The second-order valence-corrected chi connectivity index (χ2v) is 5.42. The first kappa shape index (κ1) is 15.9. The van der Waals surface area contributed by atoms with Crippen LogP contribution in [0.2, 0.25) is 0 Å². The van der Waals surface area contributed by atoms with Crippen LogP contribution in [0.3, 0.4) is 0 Å². The number of aromatic amines is 1. The number of aliphatic hydroxyl groups is 1. The number of non-ortho nitro benzene ring substituents is 1. The van der Waals surface area contributed by atoms with Crippen LogP contribution in [0.5, 0.6) is 0 Å². The van der Waals surface area contributed by atoms with E-state index in [0.717, 1.165) is 0 Å². The van der Waals surface area contributed by atoms with Crippen molar-refractivity contribution in [3.05, 3.63) is 34.0 Å². The molecule has 0 fully saturated rings. The van der Waals surface area contributed by atoms with Crippen molar-refractivity contribution >= 4 is 22.5 Å². The van der Waals surface area contributed by atoms with E-state index in [9.17, 15) is 20.0 Å². The highest BCUT2D eigenvalue weighted by atomic mass is 16.6. The fourth-order valence-corrected chi connectivity index (χ4v) is 2.04. The highest BCUT2D eigenvalue weighted by Gasteiger charge is 2.17. The third-order valence-corrected chi connectivity index (χ3v) is 3.47. The molecule has 0 saturated heterocycles. The van der Waals surface area contributed by atoms with Gasteiger partial charge in [-0.1, -0.05) is 13.8 Å². The van der Waals surface area contributed by atoms with Crippen LogP contribution in [0.4, 0.5) is 5.69 Å². The Balaban J connectivity index is 2.11. The number of fused-ring (bicyclic) bond motifs is 1. The number of nitro groups is 1. The third-order valence-electron chi connectivity index (χ3n) is 3.47. The Morgan fingerprint density at radius 2 is 2.23 bits per heavy atom. The SMILES string of the molecule is CC(C)C(O)CCNC(=O)c1n[nH]c2ccc([N+](=O)[O-])cc12. The molecule has 0 aliphatic heterocycles. The van der Waals surface area contributed by atoms with E-state index >= 15 is 0 Å². The van der Waals surface area contributed by atoms with E-state index in [1.165, 1.54) is 18.2 Å². The molecule has 1 aromatic carbocycles. The van der Waals surface area contributed by atoms with E-state index in [-0.39, 0.29) is 17.3 Å². The lowest BCUT2D eigenvalue weighted by Crippen LogP contribution is -2.29. The van der Waals surface area contributed by atoms with Crippen LogP contribution in [-0.2, 0) is 0 Å². The summed E-state index contributed by atoms with van der Waals surface area (Å²) >= 11 is 0. The van der Waals surface area contributed by atoms with Gasteiger partial charge in [-0.3, -0.25) is 20.0 Å². The van der Waals surface area contributed by atoms with E-state index in [0.29, 0.717) is 23.9 Å². The molecule has 1 atom stereocenters. The standard InChI is InChI=1S/C14H18N4O4/c1-8(2)12(19)5-6-15-14(20)13-10-7-9(18(21)22)3-4-11(10)16-17-13/h3-4,7-8,12,19H,5-6H2,1-2H3,(H,15,20)(H,16,17). The Bertz CT molecular complexity index is 695. The topological polar surface area (TPSA) is 121 Å². The van der Waals surface area contributed by atoms with E-state index < -0.39 is 16.9 Å². The van der Waals surface area contributed by atoms with Crippen molar-refractivity contribution in [3.63, 3.8) is 0 Å². The molecule has 22 heavy (non-hydrogen) atoms. The molecule has 2 rings (SSSR count). The van der Waals surface area contributed by atoms with Crippen LogP contribution in [0, 0.1) is 16.0 Å². The van der Waals surface area contributed by atoms with Gasteiger partial charge in [-0.2, -0.15) is 5.10 Å². The Morgan fingerprint density at radius 3 is 2.86 bits per heavy atom. The predicted molar refractivity (Wildman–Crippen MR) is 80.5 cm³/mol. The number of aromatic nitrogens is 2. The van der Waals surface area contributed by atoms with Crippen molar-refractivity contribution in [2.75, 3.05) is 6.54 Å². The van der Waals surface area contributed by atoms with Crippen molar-refractivity contribution in [2.45, 2.75) is 26.4 Å². The smallest absolute Gasteiger partial charge is 0.272 e. The van der Waals surface area contributed by atoms with Gasteiger partial charge >= 0.3 is 0 Å². The van der Waals surface area contributed by atoms with Gasteiger partial charge in [-0.25, -0.2) is 0 Å². The molecule has 0 aliphatic rings. The van der Waals surface area contributed by atoms with Crippen molar-refractivity contribution in [1.29, 1.82) is 0 Å². The van der Waals surface area contributed by atoms with Gasteiger partial charge in [0.05, 0.1) is 16.5 Å². The Kier molecular flexibility index (Phi) is 4.71. The minimum atomic E-state index is -0.521. The fourth-order valence-electron chi connectivity index (χ4n) is 2.04. The Morgan fingerprint density at radius 1 is 1.50 bits per heavy atom. The molecule has 0 saturated carbocycles. The number of hydrogen-bond acceptors (Lipinski definition) is 5. The number of nitrogens with one attached hydrogen (secondary N) is 2. The van der Waals surface area contributed by atoms with Gasteiger partial charge in [0.15, 0.2) is 5.69 Å². The molecule has 2 aromatic rings. The van der Waals surface area contributed by atoms with E-state index in [2.05, 4.69) is 15.5 Å². The van der Waals surface area contributed by atoms with E-state index in [1.54, 1.807) is 0 Å². The van der Waals surface area contributed by atoms with Crippen molar-refractivity contribution in [3.8, 4) is 0 Å². The molecule has 1 unspecified atom stereocenters. The molecule has 118 valence electrons. The van der Waals surface area contributed by atoms with Gasteiger partial charge in [-0.05, 0) is 18.4 Å². The minimum Gasteiger partial charge on any atom is -0.393 e. The number of benzene rings is 1. The second-order valence-electron chi connectivity index (χ2n) is 5.42. The number of carbonyl (C=O) groups is 1. The molecule has 3 N–H and O–H groups in total. The molecule has 0 bridgehead atoms. The molecule has 0 aliphatic carbocycles. The summed E-state index contributed by atoms with van der Waals surface area (Å²) in [5.74, 6) is -0.312. The number of nitro benzene ring substituents is 1. The lowest BCUT2D eigenvalue weighted by atomic mass is 10.0. The summed E-state index contributed by atoms with van der Waals surface area (Å²) in [6.07, 6.45) is -0.0522. The maximum Gasteiger partial charge on any atom is 0.272 e. The van der Waals surface area contributed by atoms with Gasteiger partial charge in [0, 0.05) is 24.1 Å². The van der Waals surface area contributed by atoms with Crippen molar-refractivity contribution in [2.24, 2.45) is 5.92 Å². The first-order valence-electron chi connectivity index (χ1n) is 6.99. The number of H-pyrrole nitrogens is 1. The summed E-state index contributed by atoms with van der Waals surface area (Å²) in [5, 5.41) is 30.1. The number of rotatable bonds is 6. The zero-order chi connectivity index (χ0) is 16.3. The van der Waals surface area contributed by atoms with E-state index in [1.807, 2.05) is 13.8 Å². The molecule has 0 spiro atoms. The van der Waals surface area contributed by atoms with Gasteiger partial charge in [0.1, 0.15) is 0 Å². The molecule has 0 radical (unpaired) electrons. The molecular formula is C14H18N4O4.